The van der Waals surface area contributed by atoms with E-state index >= 15 is 0 Å². The molecule has 0 aliphatic heterocycles. The van der Waals surface area contributed by atoms with E-state index < -0.39 is 5.60 Å². The van der Waals surface area contributed by atoms with Crippen LogP contribution in [0.3, 0.4) is 0 Å². The van der Waals surface area contributed by atoms with Crippen LogP contribution in [-0.4, -0.2) is 33.3 Å². The van der Waals surface area contributed by atoms with E-state index in [1.54, 1.807) is 13.8 Å². The number of hydrogen-bond acceptors (Lipinski definition) is 4. The molecule has 0 radical (unpaired) electrons. The second-order valence-corrected chi connectivity index (χ2v) is 3.23. The SMILES string of the molecule is COC(C)(C)C(=O)Cn1cncn1. The monoisotopic (exact) mass is 183 g/mol. The van der Waals surface area contributed by atoms with E-state index in [-0.39, 0.29) is 12.3 Å². The molecule has 0 fully saturated rings. The minimum absolute atomic E-state index is 0.0273. The van der Waals surface area contributed by atoms with Gasteiger partial charge in [0.1, 0.15) is 24.8 Å². The molecular weight excluding hydrogens is 170 g/mol. The normalized spacial score (nSPS) is 11.6. The van der Waals surface area contributed by atoms with Gasteiger partial charge < -0.3 is 4.74 Å². The van der Waals surface area contributed by atoms with Crippen LogP contribution in [0, 0.1) is 0 Å². The van der Waals surface area contributed by atoms with Crippen LogP contribution in [-0.2, 0) is 16.1 Å². The quantitative estimate of drug-likeness (QED) is 0.672. The molecule has 0 N–H and O–H groups in total. The van der Waals surface area contributed by atoms with Crippen molar-refractivity contribution in [1.82, 2.24) is 14.8 Å². The summed E-state index contributed by atoms with van der Waals surface area (Å²) < 4.78 is 6.51. The number of hydrogen-bond donors (Lipinski definition) is 0. The number of carbonyl (C=O) groups is 1. The zero-order valence-electron chi connectivity index (χ0n) is 8.02. The summed E-state index contributed by atoms with van der Waals surface area (Å²) in [5.41, 5.74) is -0.758. The van der Waals surface area contributed by atoms with E-state index in [0.717, 1.165) is 0 Å². The number of rotatable bonds is 4. The molecule has 0 saturated carbocycles. The second-order valence-electron chi connectivity index (χ2n) is 3.23. The Labute approximate surface area is 76.7 Å². The summed E-state index contributed by atoms with van der Waals surface area (Å²) in [5, 5.41) is 3.83. The maximum Gasteiger partial charge on any atom is 0.185 e. The van der Waals surface area contributed by atoms with Gasteiger partial charge in [-0.3, -0.25) is 4.79 Å². The zero-order valence-corrected chi connectivity index (χ0v) is 8.02. The van der Waals surface area contributed by atoms with Gasteiger partial charge in [-0.1, -0.05) is 0 Å². The third kappa shape index (κ3) is 2.35. The van der Waals surface area contributed by atoms with Gasteiger partial charge in [0, 0.05) is 7.11 Å². The molecule has 0 amide bonds. The van der Waals surface area contributed by atoms with Gasteiger partial charge in [-0.2, -0.15) is 5.10 Å². The third-order valence-electron chi connectivity index (χ3n) is 1.95. The molecule has 72 valence electrons. The molecule has 0 spiro atoms. The first kappa shape index (κ1) is 9.85. The topological polar surface area (TPSA) is 57.0 Å². The van der Waals surface area contributed by atoms with Crippen LogP contribution in [0.4, 0.5) is 0 Å². The van der Waals surface area contributed by atoms with Crippen LogP contribution >= 0.6 is 0 Å². The minimum atomic E-state index is -0.758. The van der Waals surface area contributed by atoms with E-state index in [1.165, 1.54) is 24.4 Å². The Bertz CT molecular complexity index is 280. The smallest absolute Gasteiger partial charge is 0.185 e. The molecule has 1 aromatic rings. The Hall–Kier alpha value is -1.23. The van der Waals surface area contributed by atoms with Crippen LogP contribution in [0.1, 0.15) is 13.8 Å². The predicted molar refractivity (Wildman–Crippen MR) is 46.1 cm³/mol. The van der Waals surface area contributed by atoms with Crippen LogP contribution in [0.2, 0.25) is 0 Å². The largest absolute Gasteiger partial charge is 0.371 e. The Balaban J connectivity index is 2.61. The van der Waals surface area contributed by atoms with E-state index in [2.05, 4.69) is 10.1 Å². The average Bonchev–Trinajstić information content (AvgIpc) is 2.57. The first-order valence-corrected chi connectivity index (χ1v) is 3.97. The molecule has 1 aromatic heterocycles. The lowest BCUT2D eigenvalue weighted by atomic mass is 10.0. The molecule has 0 bridgehead atoms. The molecule has 5 heteroatoms. The molecule has 0 aliphatic rings. The lowest BCUT2D eigenvalue weighted by Crippen LogP contribution is -2.36. The molecule has 0 atom stereocenters. The first-order chi connectivity index (χ1) is 6.06. The van der Waals surface area contributed by atoms with Gasteiger partial charge in [-0.15, -0.1) is 0 Å². The van der Waals surface area contributed by atoms with Crippen molar-refractivity contribution in [3.05, 3.63) is 12.7 Å². The Morgan fingerprint density at radius 2 is 2.31 bits per heavy atom. The van der Waals surface area contributed by atoms with Crippen molar-refractivity contribution in [3.8, 4) is 0 Å². The van der Waals surface area contributed by atoms with E-state index in [1.807, 2.05) is 0 Å². The van der Waals surface area contributed by atoms with Crippen LogP contribution in [0.5, 0.6) is 0 Å². The van der Waals surface area contributed by atoms with Crippen molar-refractivity contribution in [2.75, 3.05) is 7.11 Å². The lowest BCUT2D eigenvalue weighted by molar-refractivity contribution is -0.137. The summed E-state index contributed by atoms with van der Waals surface area (Å²) in [6.45, 7) is 3.65. The number of ketones is 1. The zero-order chi connectivity index (χ0) is 9.90. The van der Waals surface area contributed by atoms with Gasteiger partial charge in [0.25, 0.3) is 0 Å². The summed E-state index contributed by atoms with van der Waals surface area (Å²) in [4.78, 5) is 15.3. The van der Waals surface area contributed by atoms with Crippen molar-refractivity contribution >= 4 is 5.78 Å². The summed E-state index contributed by atoms with van der Waals surface area (Å²) in [5.74, 6) is -0.0273. The lowest BCUT2D eigenvalue weighted by Gasteiger charge is -2.20. The Morgan fingerprint density at radius 1 is 1.62 bits per heavy atom. The van der Waals surface area contributed by atoms with Gasteiger partial charge in [-0.05, 0) is 13.8 Å². The maximum atomic E-state index is 11.5. The molecular formula is C8H13N3O2. The van der Waals surface area contributed by atoms with Crippen LogP contribution < -0.4 is 0 Å². The van der Waals surface area contributed by atoms with Crippen molar-refractivity contribution in [2.24, 2.45) is 0 Å². The summed E-state index contributed by atoms with van der Waals surface area (Å²) in [6, 6.07) is 0. The predicted octanol–water partition coefficient (Wildman–Crippen LogP) is 0.272. The van der Waals surface area contributed by atoms with Crippen LogP contribution in [0.25, 0.3) is 0 Å². The van der Waals surface area contributed by atoms with Gasteiger partial charge in [0.15, 0.2) is 5.78 Å². The fourth-order valence-electron chi connectivity index (χ4n) is 0.766. The molecule has 5 nitrogen and oxygen atoms in total. The number of Topliss-reactive ketones (excluding diaryl/α,β-unsaturated/α-hetero) is 1. The highest BCUT2D eigenvalue weighted by Crippen LogP contribution is 2.09. The number of carbonyl (C=O) groups excluding carboxylic acids is 1. The summed E-state index contributed by atoms with van der Waals surface area (Å²) >= 11 is 0. The molecule has 0 saturated heterocycles. The van der Waals surface area contributed by atoms with Crippen molar-refractivity contribution in [1.29, 1.82) is 0 Å². The van der Waals surface area contributed by atoms with Crippen molar-refractivity contribution in [2.45, 2.75) is 26.0 Å². The van der Waals surface area contributed by atoms with Gasteiger partial charge in [0.2, 0.25) is 0 Å². The fourth-order valence-corrected chi connectivity index (χ4v) is 0.766. The number of ether oxygens (including phenoxy) is 1. The standard InChI is InChI=1S/C8H13N3O2/c1-8(2,13-3)7(12)4-11-6-9-5-10-11/h5-6H,4H2,1-3H3. The molecule has 0 aliphatic carbocycles. The van der Waals surface area contributed by atoms with Crippen molar-refractivity contribution in [3.63, 3.8) is 0 Å². The fraction of sp³-hybridized carbons (Fsp3) is 0.625. The van der Waals surface area contributed by atoms with E-state index in [4.69, 9.17) is 4.74 Å². The Kier molecular flexibility index (Phi) is 2.77. The van der Waals surface area contributed by atoms with Gasteiger partial charge in [0.05, 0.1) is 0 Å². The molecule has 1 rings (SSSR count). The first-order valence-electron chi connectivity index (χ1n) is 3.97. The highest BCUT2D eigenvalue weighted by molar-refractivity contribution is 5.86. The highest BCUT2D eigenvalue weighted by atomic mass is 16.5. The highest BCUT2D eigenvalue weighted by Gasteiger charge is 2.26. The average molecular weight is 183 g/mol. The summed E-state index contributed by atoms with van der Waals surface area (Å²) in [7, 11) is 1.51. The minimum Gasteiger partial charge on any atom is -0.371 e. The summed E-state index contributed by atoms with van der Waals surface area (Å²) in [6.07, 6.45) is 2.90. The van der Waals surface area contributed by atoms with E-state index in [0.29, 0.717) is 0 Å². The number of nitrogens with zero attached hydrogens (tertiary/aromatic N) is 3. The number of methoxy groups -OCH3 is 1. The number of aromatic nitrogens is 3. The van der Waals surface area contributed by atoms with E-state index in [9.17, 15) is 4.79 Å². The molecule has 0 unspecified atom stereocenters. The Morgan fingerprint density at radius 3 is 2.77 bits per heavy atom. The molecule has 0 aromatic carbocycles. The van der Waals surface area contributed by atoms with Gasteiger partial charge >= 0.3 is 0 Å². The van der Waals surface area contributed by atoms with Crippen molar-refractivity contribution < 1.29 is 9.53 Å². The van der Waals surface area contributed by atoms with Crippen LogP contribution in [0.15, 0.2) is 12.7 Å². The molecule has 1 heterocycles. The third-order valence-corrected chi connectivity index (χ3v) is 1.95. The van der Waals surface area contributed by atoms with Gasteiger partial charge in [-0.25, -0.2) is 9.67 Å². The molecule has 13 heavy (non-hydrogen) atoms. The maximum absolute atomic E-state index is 11.5. The second kappa shape index (κ2) is 3.66.